The molecule has 0 spiro atoms. The first-order valence-electron chi connectivity index (χ1n) is 12.0. The average molecular weight is 475 g/mol. The number of carbonyl (C=O) groups is 3. The summed E-state index contributed by atoms with van der Waals surface area (Å²) in [6, 6.07) is 15.0. The molecule has 0 bridgehead atoms. The predicted molar refractivity (Wildman–Crippen MR) is 132 cm³/mol. The van der Waals surface area contributed by atoms with Crippen molar-refractivity contribution in [3.05, 3.63) is 59.7 Å². The van der Waals surface area contributed by atoms with Gasteiger partial charge in [0.05, 0.1) is 5.92 Å². The molecule has 7 nitrogen and oxygen atoms in total. The van der Waals surface area contributed by atoms with Crippen molar-refractivity contribution in [1.82, 2.24) is 10.6 Å². The summed E-state index contributed by atoms with van der Waals surface area (Å²) in [6.07, 6.45) is 1.91. The SMILES string of the molecule is CC#CCC(NC(=O)OCC1c2ccccc2-c2ccccc21)C(=O)N[C@@H]1CCC[C@@H](C(=O)O)C1. The molecule has 4 rings (SSSR count). The fourth-order valence-corrected chi connectivity index (χ4v) is 5.04. The summed E-state index contributed by atoms with van der Waals surface area (Å²) < 4.78 is 5.58. The molecule has 0 aliphatic heterocycles. The summed E-state index contributed by atoms with van der Waals surface area (Å²) in [4.78, 5) is 37.0. The Morgan fingerprint density at radius 3 is 2.34 bits per heavy atom. The molecular formula is C28H30N2O5. The van der Waals surface area contributed by atoms with Crippen LogP contribution >= 0.6 is 0 Å². The van der Waals surface area contributed by atoms with Crippen LogP contribution in [0.15, 0.2) is 48.5 Å². The van der Waals surface area contributed by atoms with Gasteiger partial charge in [-0.25, -0.2) is 4.79 Å². The number of hydrogen-bond donors (Lipinski definition) is 3. The Morgan fingerprint density at radius 2 is 1.71 bits per heavy atom. The molecule has 1 unspecified atom stereocenters. The maximum atomic E-state index is 12.9. The number of benzene rings is 2. The number of carboxylic acids is 1. The van der Waals surface area contributed by atoms with E-state index < -0.39 is 24.0 Å². The van der Waals surface area contributed by atoms with E-state index in [0.717, 1.165) is 28.7 Å². The second-order valence-electron chi connectivity index (χ2n) is 9.06. The van der Waals surface area contributed by atoms with Gasteiger partial charge >= 0.3 is 12.1 Å². The van der Waals surface area contributed by atoms with Crippen molar-refractivity contribution in [3.63, 3.8) is 0 Å². The highest BCUT2D eigenvalue weighted by molar-refractivity contribution is 5.86. The highest BCUT2D eigenvalue weighted by Crippen LogP contribution is 2.44. The van der Waals surface area contributed by atoms with E-state index in [-0.39, 0.29) is 30.9 Å². The molecule has 2 aromatic rings. The van der Waals surface area contributed by atoms with Gasteiger partial charge in [-0.1, -0.05) is 55.0 Å². The van der Waals surface area contributed by atoms with Gasteiger partial charge in [-0.3, -0.25) is 9.59 Å². The zero-order valence-corrected chi connectivity index (χ0v) is 19.8. The van der Waals surface area contributed by atoms with Crippen molar-refractivity contribution >= 4 is 18.0 Å². The largest absolute Gasteiger partial charge is 0.481 e. The molecule has 3 N–H and O–H groups in total. The zero-order valence-electron chi connectivity index (χ0n) is 19.8. The molecule has 3 atom stereocenters. The average Bonchev–Trinajstić information content (AvgIpc) is 3.19. The van der Waals surface area contributed by atoms with E-state index in [0.29, 0.717) is 19.3 Å². The molecule has 2 aliphatic rings. The number of carboxylic acid groups (broad SMARTS) is 1. The first-order valence-corrected chi connectivity index (χ1v) is 12.0. The van der Waals surface area contributed by atoms with Crippen molar-refractivity contribution in [3.8, 4) is 23.0 Å². The molecular weight excluding hydrogens is 444 g/mol. The summed E-state index contributed by atoms with van der Waals surface area (Å²) in [7, 11) is 0. The van der Waals surface area contributed by atoms with Gasteiger partial charge in [0.2, 0.25) is 5.91 Å². The van der Waals surface area contributed by atoms with E-state index in [1.807, 2.05) is 36.4 Å². The van der Waals surface area contributed by atoms with Gasteiger partial charge in [0.1, 0.15) is 12.6 Å². The molecule has 35 heavy (non-hydrogen) atoms. The van der Waals surface area contributed by atoms with E-state index in [1.165, 1.54) is 0 Å². The molecule has 7 heteroatoms. The number of rotatable bonds is 7. The fraction of sp³-hybridized carbons (Fsp3) is 0.393. The summed E-state index contributed by atoms with van der Waals surface area (Å²) in [5.41, 5.74) is 4.50. The van der Waals surface area contributed by atoms with Gasteiger partial charge in [0.25, 0.3) is 0 Å². The van der Waals surface area contributed by atoms with Crippen LogP contribution < -0.4 is 10.6 Å². The Labute approximate surface area is 205 Å². The van der Waals surface area contributed by atoms with Gasteiger partial charge < -0.3 is 20.5 Å². The third-order valence-corrected chi connectivity index (χ3v) is 6.81. The van der Waals surface area contributed by atoms with Crippen LogP contribution in [0.2, 0.25) is 0 Å². The molecule has 0 radical (unpaired) electrons. The van der Waals surface area contributed by atoms with Crippen molar-refractivity contribution in [2.45, 2.75) is 57.0 Å². The van der Waals surface area contributed by atoms with Crippen LogP contribution in [0.5, 0.6) is 0 Å². The Hall–Kier alpha value is -3.79. The zero-order chi connectivity index (χ0) is 24.8. The summed E-state index contributed by atoms with van der Waals surface area (Å²) >= 11 is 0. The Kier molecular flexibility index (Phi) is 7.71. The fourth-order valence-electron chi connectivity index (χ4n) is 5.04. The minimum absolute atomic E-state index is 0.0777. The Balaban J connectivity index is 1.38. The van der Waals surface area contributed by atoms with E-state index in [9.17, 15) is 19.5 Å². The predicted octanol–water partition coefficient (Wildman–Crippen LogP) is 4.07. The van der Waals surface area contributed by atoms with Gasteiger partial charge in [-0.15, -0.1) is 11.8 Å². The van der Waals surface area contributed by atoms with E-state index in [1.54, 1.807) is 6.92 Å². The lowest BCUT2D eigenvalue weighted by Gasteiger charge is -2.28. The summed E-state index contributed by atoms with van der Waals surface area (Å²) in [5.74, 6) is 3.84. The van der Waals surface area contributed by atoms with Gasteiger partial charge in [-0.05, 0) is 48.4 Å². The number of ether oxygens (including phenoxy) is 1. The van der Waals surface area contributed by atoms with Crippen LogP contribution in [0.4, 0.5) is 4.79 Å². The number of amides is 2. The minimum atomic E-state index is -0.886. The molecule has 0 heterocycles. The van der Waals surface area contributed by atoms with Crippen LogP contribution in [0.25, 0.3) is 11.1 Å². The van der Waals surface area contributed by atoms with Gasteiger partial charge in [0, 0.05) is 18.4 Å². The van der Waals surface area contributed by atoms with Crippen LogP contribution in [-0.2, 0) is 14.3 Å². The first-order chi connectivity index (χ1) is 17.0. The molecule has 1 fully saturated rings. The molecule has 2 aromatic carbocycles. The lowest BCUT2D eigenvalue weighted by Crippen LogP contribution is -2.50. The molecule has 1 saturated carbocycles. The number of aliphatic carboxylic acids is 1. The quantitative estimate of drug-likeness (QED) is 0.525. The van der Waals surface area contributed by atoms with E-state index in [2.05, 4.69) is 34.6 Å². The van der Waals surface area contributed by atoms with Crippen LogP contribution in [0.1, 0.15) is 56.1 Å². The number of fused-ring (bicyclic) bond motifs is 3. The number of nitrogens with one attached hydrogen (secondary N) is 2. The number of hydrogen-bond acceptors (Lipinski definition) is 4. The lowest BCUT2D eigenvalue weighted by atomic mass is 9.85. The molecule has 0 saturated heterocycles. The first kappa shape index (κ1) is 24.3. The van der Waals surface area contributed by atoms with Crippen molar-refractivity contribution in [1.29, 1.82) is 0 Å². The summed E-state index contributed by atoms with van der Waals surface area (Å²) in [5, 5.41) is 14.9. The normalized spacial score (nSPS) is 19.3. The third kappa shape index (κ3) is 5.65. The van der Waals surface area contributed by atoms with Crippen LogP contribution in [0, 0.1) is 17.8 Å². The topological polar surface area (TPSA) is 105 Å². The standard InChI is InChI=1S/C28H30N2O5/c1-2-3-15-25(26(31)29-19-10-8-9-18(16-19)27(32)33)30-28(34)35-17-24-22-13-6-4-11-20(22)21-12-5-7-14-23(21)24/h4-7,11-14,18-19,24-25H,8-10,15-17H2,1H3,(H,29,31)(H,30,34)(H,32,33)/t18-,19-,25?/m1/s1. The van der Waals surface area contributed by atoms with E-state index in [4.69, 9.17) is 4.74 Å². The Morgan fingerprint density at radius 1 is 1.06 bits per heavy atom. The molecule has 2 amide bonds. The van der Waals surface area contributed by atoms with E-state index >= 15 is 0 Å². The second-order valence-corrected chi connectivity index (χ2v) is 9.06. The van der Waals surface area contributed by atoms with Crippen LogP contribution in [-0.4, -0.2) is 41.8 Å². The third-order valence-electron chi connectivity index (χ3n) is 6.81. The highest BCUT2D eigenvalue weighted by Gasteiger charge is 2.31. The van der Waals surface area contributed by atoms with Gasteiger partial charge in [-0.2, -0.15) is 0 Å². The van der Waals surface area contributed by atoms with Gasteiger partial charge in [0.15, 0.2) is 0 Å². The molecule has 0 aromatic heterocycles. The summed E-state index contributed by atoms with van der Waals surface area (Å²) in [6.45, 7) is 1.82. The monoisotopic (exact) mass is 474 g/mol. The highest BCUT2D eigenvalue weighted by atomic mass is 16.5. The van der Waals surface area contributed by atoms with Crippen molar-refractivity contribution in [2.24, 2.45) is 5.92 Å². The lowest BCUT2D eigenvalue weighted by molar-refractivity contribution is -0.143. The maximum Gasteiger partial charge on any atom is 0.407 e. The smallest absolute Gasteiger partial charge is 0.407 e. The minimum Gasteiger partial charge on any atom is -0.481 e. The number of alkyl carbamates (subject to hydrolysis) is 1. The maximum absolute atomic E-state index is 12.9. The molecule has 182 valence electrons. The van der Waals surface area contributed by atoms with Crippen LogP contribution in [0.3, 0.4) is 0 Å². The van der Waals surface area contributed by atoms with Crippen molar-refractivity contribution < 1.29 is 24.2 Å². The van der Waals surface area contributed by atoms with Crippen molar-refractivity contribution in [2.75, 3.05) is 6.61 Å². The Bertz CT molecular complexity index is 1120. The number of carbonyl (C=O) groups excluding carboxylic acids is 2. The molecule has 2 aliphatic carbocycles. The second kappa shape index (κ2) is 11.1.